The van der Waals surface area contributed by atoms with Crippen molar-refractivity contribution in [2.24, 2.45) is 0 Å². The topological polar surface area (TPSA) is 85.2 Å². The van der Waals surface area contributed by atoms with Crippen LogP contribution in [0.1, 0.15) is 27.0 Å². The third-order valence-corrected chi connectivity index (χ3v) is 5.01. The van der Waals surface area contributed by atoms with Gasteiger partial charge in [-0.25, -0.2) is 4.79 Å². The van der Waals surface area contributed by atoms with E-state index in [9.17, 15) is 4.79 Å². The van der Waals surface area contributed by atoms with Gasteiger partial charge in [0, 0.05) is 16.7 Å². The van der Waals surface area contributed by atoms with Crippen LogP contribution in [0.15, 0.2) is 72.8 Å². The summed E-state index contributed by atoms with van der Waals surface area (Å²) in [7, 11) is 0. The van der Waals surface area contributed by atoms with Gasteiger partial charge in [0.1, 0.15) is 24.7 Å². The molecule has 0 bridgehead atoms. The summed E-state index contributed by atoms with van der Waals surface area (Å²) >= 11 is 0. The number of hydrogen-bond donors (Lipinski definition) is 2. The fourth-order valence-corrected chi connectivity index (χ4v) is 3.71. The fourth-order valence-electron chi connectivity index (χ4n) is 3.71. The summed E-state index contributed by atoms with van der Waals surface area (Å²) < 4.78 is 17.0. The fraction of sp³-hybridized carbons (Fsp3) is 0.208. The van der Waals surface area contributed by atoms with Crippen LogP contribution in [0.4, 0.5) is 0 Å². The van der Waals surface area contributed by atoms with Crippen LogP contribution in [0, 0.1) is 0 Å². The molecule has 154 valence electrons. The highest BCUT2D eigenvalue weighted by molar-refractivity contribution is 5.96. The van der Waals surface area contributed by atoms with Crippen molar-refractivity contribution in [2.45, 2.75) is 5.60 Å². The zero-order valence-electron chi connectivity index (χ0n) is 16.3. The number of aliphatic hydroxyl groups is 2. The van der Waals surface area contributed by atoms with Crippen LogP contribution in [-0.2, 0) is 10.3 Å². The Hall–Kier alpha value is -3.35. The second-order valence-corrected chi connectivity index (χ2v) is 6.81. The molecule has 0 atom stereocenters. The van der Waals surface area contributed by atoms with Crippen LogP contribution in [0.25, 0.3) is 0 Å². The quantitative estimate of drug-likeness (QED) is 0.560. The summed E-state index contributed by atoms with van der Waals surface area (Å²) in [6.45, 7) is 0.276. The number of ether oxygens (including phenoxy) is 3. The summed E-state index contributed by atoms with van der Waals surface area (Å²) in [6.07, 6.45) is 0. The minimum Gasteiger partial charge on any atom is -0.491 e. The molecular weight excluding hydrogens is 384 g/mol. The maximum Gasteiger partial charge on any atom is 0.340 e. The number of esters is 1. The molecule has 0 aromatic heterocycles. The normalized spacial score (nSPS) is 14.1. The highest BCUT2D eigenvalue weighted by Gasteiger charge is 2.48. The smallest absolute Gasteiger partial charge is 0.340 e. The molecule has 0 radical (unpaired) electrons. The molecule has 0 saturated carbocycles. The molecule has 0 saturated heterocycles. The highest BCUT2D eigenvalue weighted by Crippen LogP contribution is 2.47. The van der Waals surface area contributed by atoms with Crippen molar-refractivity contribution < 1.29 is 29.2 Å². The van der Waals surface area contributed by atoms with Gasteiger partial charge in [0.25, 0.3) is 0 Å². The van der Waals surface area contributed by atoms with Gasteiger partial charge in [0.05, 0.1) is 18.8 Å². The molecule has 1 aliphatic heterocycles. The van der Waals surface area contributed by atoms with E-state index < -0.39 is 5.60 Å². The lowest BCUT2D eigenvalue weighted by molar-refractivity contribution is 0.0251. The third kappa shape index (κ3) is 3.51. The monoisotopic (exact) mass is 406 g/mol. The van der Waals surface area contributed by atoms with E-state index in [0.29, 0.717) is 17.1 Å². The minimum atomic E-state index is -1.10. The number of cyclic esters (lactones) is 1. The Labute approximate surface area is 174 Å². The van der Waals surface area contributed by atoms with Gasteiger partial charge in [-0.1, -0.05) is 42.5 Å². The van der Waals surface area contributed by atoms with Crippen molar-refractivity contribution in [1.82, 2.24) is 0 Å². The molecule has 6 heteroatoms. The van der Waals surface area contributed by atoms with Crippen LogP contribution in [0.3, 0.4) is 0 Å². The molecular formula is C24H22O6. The minimum absolute atomic E-state index is 0.0681. The van der Waals surface area contributed by atoms with Crippen molar-refractivity contribution in [3.63, 3.8) is 0 Å². The first kappa shape index (κ1) is 19.9. The number of carbonyl (C=O) groups is 1. The third-order valence-electron chi connectivity index (χ3n) is 5.01. The van der Waals surface area contributed by atoms with Gasteiger partial charge in [-0.2, -0.15) is 0 Å². The van der Waals surface area contributed by atoms with Gasteiger partial charge in [-0.3, -0.25) is 0 Å². The summed E-state index contributed by atoms with van der Waals surface area (Å²) in [5, 5.41) is 17.9. The lowest BCUT2D eigenvalue weighted by Crippen LogP contribution is -2.29. The first-order valence-electron chi connectivity index (χ1n) is 9.70. The summed E-state index contributed by atoms with van der Waals surface area (Å²) in [5.41, 5.74) is 1.75. The number of rotatable bonds is 8. The first-order chi connectivity index (χ1) is 14.7. The van der Waals surface area contributed by atoms with E-state index in [2.05, 4.69) is 0 Å². The Bertz CT molecular complexity index is 959. The van der Waals surface area contributed by atoms with E-state index in [-0.39, 0.29) is 32.4 Å². The number of hydrogen-bond acceptors (Lipinski definition) is 6. The Morgan fingerprint density at radius 1 is 0.733 bits per heavy atom. The Morgan fingerprint density at radius 3 is 1.73 bits per heavy atom. The molecule has 0 amide bonds. The van der Waals surface area contributed by atoms with Crippen LogP contribution in [0.5, 0.6) is 11.5 Å². The first-order valence-corrected chi connectivity index (χ1v) is 9.70. The molecule has 4 rings (SSSR count). The zero-order valence-corrected chi connectivity index (χ0v) is 16.3. The Morgan fingerprint density at radius 2 is 1.23 bits per heavy atom. The maximum atomic E-state index is 12.7. The molecule has 3 aromatic carbocycles. The van der Waals surface area contributed by atoms with Gasteiger partial charge in [0.15, 0.2) is 5.60 Å². The molecule has 0 aliphatic carbocycles. The molecule has 0 fully saturated rings. The second kappa shape index (κ2) is 8.57. The summed E-state index contributed by atoms with van der Waals surface area (Å²) in [6, 6.07) is 22.0. The van der Waals surface area contributed by atoms with E-state index in [0.717, 1.165) is 16.7 Å². The number of fused-ring (bicyclic) bond motifs is 1. The van der Waals surface area contributed by atoms with E-state index in [1.807, 2.05) is 42.5 Å². The molecule has 3 aromatic rings. The highest BCUT2D eigenvalue weighted by atomic mass is 16.6. The Balaban J connectivity index is 1.80. The summed E-state index contributed by atoms with van der Waals surface area (Å²) in [4.78, 5) is 12.7. The second-order valence-electron chi connectivity index (χ2n) is 6.81. The van der Waals surface area contributed by atoms with Crippen LogP contribution in [-0.4, -0.2) is 42.6 Å². The van der Waals surface area contributed by atoms with E-state index in [1.54, 1.807) is 30.3 Å². The lowest BCUT2D eigenvalue weighted by Gasteiger charge is -2.30. The standard InChI is InChI=1S/C24H22O6/c25-13-15-28-19-9-5-17(6-10-19)24(18-7-11-20(12-8-18)29-16-14-26)22-4-2-1-3-21(22)23(27)30-24/h1-12,25-26H,13-16H2. The van der Waals surface area contributed by atoms with Crippen LogP contribution < -0.4 is 9.47 Å². The molecule has 30 heavy (non-hydrogen) atoms. The molecule has 1 aliphatic rings. The van der Waals surface area contributed by atoms with Gasteiger partial charge in [-0.05, 0) is 30.3 Å². The number of benzene rings is 3. The lowest BCUT2D eigenvalue weighted by atomic mass is 9.80. The summed E-state index contributed by atoms with van der Waals surface area (Å²) in [5.74, 6) is 0.855. The predicted molar refractivity (Wildman–Crippen MR) is 110 cm³/mol. The molecule has 0 unspecified atom stereocenters. The molecule has 6 nitrogen and oxygen atoms in total. The average molecular weight is 406 g/mol. The van der Waals surface area contributed by atoms with Crippen molar-refractivity contribution in [3.05, 3.63) is 95.1 Å². The molecule has 0 spiro atoms. The SMILES string of the molecule is O=C1OC(c2ccc(OCCO)cc2)(c2ccc(OCCO)cc2)c2ccccc21. The van der Waals surface area contributed by atoms with Crippen LogP contribution >= 0.6 is 0 Å². The van der Waals surface area contributed by atoms with Crippen molar-refractivity contribution in [3.8, 4) is 11.5 Å². The predicted octanol–water partition coefficient (Wildman–Crippen LogP) is 2.89. The number of carbonyl (C=O) groups excluding carboxylic acids is 1. The molecule has 1 heterocycles. The van der Waals surface area contributed by atoms with Crippen LogP contribution in [0.2, 0.25) is 0 Å². The van der Waals surface area contributed by atoms with E-state index >= 15 is 0 Å². The molecule has 2 N–H and O–H groups in total. The van der Waals surface area contributed by atoms with E-state index in [1.165, 1.54) is 0 Å². The van der Waals surface area contributed by atoms with E-state index in [4.69, 9.17) is 24.4 Å². The van der Waals surface area contributed by atoms with Gasteiger partial charge < -0.3 is 24.4 Å². The zero-order chi connectivity index (χ0) is 21.0. The van der Waals surface area contributed by atoms with Crippen molar-refractivity contribution in [1.29, 1.82) is 0 Å². The van der Waals surface area contributed by atoms with Gasteiger partial charge in [-0.15, -0.1) is 0 Å². The van der Waals surface area contributed by atoms with Gasteiger partial charge >= 0.3 is 5.97 Å². The Kier molecular flexibility index (Phi) is 5.70. The van der Waals surface area contributed by atoms with Crippen molar-refractivity contribution in [2.75, 3.05) is 26.4 Å². The number of aliphatic hydroxyl groups excluding tert-OH is 2. The largest absolute Gasteiger partial charge is 0.491 e. The maximum absolute atomic E-state index is 12.7. The average Bonchev–Trinajstić information content (AvgIpc) is 3.10. The van der Waals surface area contributed by atoms with Crippen molar-refractivity contribution >= 4 is 5.97 Å². The van der Waals surface area contributed by atoms with Gasteiger partial charge in [0.2, 0.25) is 0 Å².